The van der Waals surface area contributed by atoms with Gasteiger partial charge >= 0.3 is 0 Å². The molecule has 0 N–H and O–H groups in total. The topological polar surface area (TPSA) is 88.0 Å². The van der Waals surface area contributed by atoms with Gasteiger partial charge in [-0.25, -0.2) is 9.07 Å². The number of nitrogens with zero attached hydrogens (tertiary/aromatic N) is 5. The molecule has 2 aromatic rings. The molecule has 158 valence electrons. The van der Waals surface area contributed by atoms with E-state index in [0.29, 0.717) is 43.2 Å². The van der Waals surface area contributed by atoms with Crippen molar-refractivity contribution in [1.82, 2.24) is 23.3 Å². The lowest BCUT2D eigenvalue weighted by molar-refractivity contribution is 0.140. The number of benzene rings is 1. The zero-order chi connectivity index (χ0) is 21.2. The van der Waals surface area contributed by atoms with Crippen LogP contribution in [0, 0.1) is 5.82 Å². The van der Waals surface area contributed by atoms with Gasteiger partial charge in [0.25, 0.3) is 15.8 Å². The Morgan fingerprint density at radius 2 is 1.83 bits per heavy atom. The van der Waals surface area contributed by atoms with E-state index in [9.17, 15) is 17.6 Å². The van der Waals surface area contributed by atoms with Gasteiger partial charge in [0.15, 0.2) is 0 Å². The van der Waals surface area contributed by atoms with E-state index in [2.05, 4.69) is 5.10 Å². The molecule has 1 aromatic carbocycles. The third kappa shape index (κ3) is 4.64. The molecule has 0 amide bonds. The van der Waals surface area contributed by atoms with Crippen LogP contribution in [-0.2, 0) is 16.9 Å². The first-order valence-electron chi connectivity index (χ1n) is 9.04. The maximum atomic E-state index is 13.5. The normalized spacial score (nSPS) is 16.3. The molecule has 0 bridgehead atoms. The molecule has 0 radical (unpaired) electrons. The summed E-state index contributed by atoms with van der Waals surface area (Å²) in [6, 6.07) is 7.08. The van der Waals surface area contributed by atoms with Crippen LogP contribution in [0.1, 0.15) is 0 Å². The summed E-state index contributed by atoms with van der Waals surface area (Å²) < 4.78 is 47.0. The minimum Gasteiger partial charge on any atom is -0.496 e. The zero-order valence-corrected chi connectivity index (χ0v) is 17.4. The highest BCUT2D eigenvalue weighted by Gasteiger charge is 2.28. The molecule has 0 atom stereocenters. The second kappa shape index (κ2) is 8.57. The Hall–Kier alpha value is -2.34. The van der Waals surface area contributed by atoms with Gasteiger partial charge in [0.05, 0.1) is 19.5 Å². The van der Waals surface area contributed by atoms with Gasteiger partial charge in [-0.3, -0.25) is 9.69 Å². The molecule has 0 unspecified atom stereocenters. The van der Waals surface area contributed by atoms with Gasteiger partial charge in [-0.05, 0) is 18.2 Å². The summed E-state index contributed by atoms with van der Waals surface area (Å²) in [5.41, 5.74) is 0.776. The third-order valence-electron chi connectivity index (χ3n) is 4.76. The molecule has 1 aliphatic rings. The Balaban J connectivity index is 1.77. The van der Waals surface area contributed by atoms with Crippen LogP contribution in [0.4, 0.5) is 4.39 Å². The lowest BCUT2D eigenvalue weighted by Gasteiger charge is -2.34. The van der Waals surface area contributed by atoms with Crippen molar-refractivity contribution >= 4 is 10.2 Å². The smallest absolute Gasteiger partial charge is 0.281 e. The lowest BCUT2D eigenvalue weighted by Crippen LogP contribution is -2.52. The predicted octanol–water partition coefficient (Wildman–Crippen LogP) is 0.440. The molecule has 0 spiro atoms. The van der Waals surface area contributed by atoms with Gasteiger partial charge in [-0.15, -0.1) is 0 Å². The molecule has 29 heavy (non-hydrogen) atoms. The minimum atomic E-state index is -3.45. The number of piperazine rings is 1. The van der Waals surface area contributed by atoms with Crippen LogP contribution in [0.5, 0.6) is 5.75 Å². The van der Waals surface area contributed by atoms with Gasteiger partial charge in [0, 0.05) is 58.0 Å². The van der Waals surface area contributed by atoms with Gasteiger partial charge in [0.2, 0.25) is 0 Å². The van der Waals surface area contributed by atoms with Crippen molar-refractivity contribution in [2.75, 3.05) is 47.4 Å². The van der Waals surface area contributed by atoms with E-state index >= 15 is 0 Å². The Bertz CT molecular complexity index is 1030. The quantitative estimate of drug-likeness (QED) is 0.668. The molecule has 3 rings (SSSR count). The summed E-state index contributed by atoms with van der Waals surface area (Å²) in [6.45, 7) is 1.85. The van der Waals surface area contributed by atoms with E-state index in [4.69, 9.17) is 4.74 Å². The fourth-order valence-electron chi connectivity index (χ4n) is 3.09. The first-order chi connectivity index (χ1) is 13.7. The lowest BCUT2D eigenvalue weighted by atomic mass is 10.1. The highest BCUT2D eigenvalue weighted by atomic mass is 32.2. The van der Waals surface area contributed by atoms with Crippen molar-refractivity contribution in [2.45, 2.75) is 6.67 Å². The molecular formula is C18H24FN5O4S. The van der Waals surface area contributed by atoms with Gasteiger partial charge in [-0.1, -0.05) is 0 Å². The van der Waals surface area contributed by atoms with Crippen LogP contribution < -0.4 is 10.3 Å². The maximum Gasteiger partial charge on any atom is 0.281 e. The fourth-order valence-corrected chi connectivity index (χ4v) is 4.18. The first-order valence-corrected chi connectivity index (χ1v) is 10.4. The number of hydrogen-bond donors (Lipinski definition) is 0. The number of ether oxygens (including phenoxy) is 1. The fraction of sp³-hybridized carbons (Fsp3) is 0.444. The highest BCUT2D eigenvalue weighted by molar-refractivity contribution is 7.86. The van der Waals surface area contributed by atoms with Crippen molar-refractivity contribution in [1.29, 1.82) is 0 Å². The van der Waals surface area contributed by atoms with E-state index < -0.39 is 16.0 Å². The van der Waals surface area contributed by atoms with Crippen LogP contribution in [-0.4, -0.2) is 79.1 Å². The Morgan fingerprint density at radius 3 is 2.45 bits per heavy atom. The summed E-state index contributed by atoms with van der Waals surface area (Å²) in [6.07, 6.45) is 0. The summed E-state index contributed by atoms with van der Waals surface area (Å²) in [5.74, 6) is -0.102. The van der Waals surface area contributed by atoms with Crippen molar-refractivity contribution in [3.05, 3.63) is 46.5 Å². The van der Waals surface area contributed by atoms with Crippen molar-refractivity contribution in [3.63, 3.8) is 0 Å². The second-order valence-electron chi connectivity index (χ2n) is 6.85. The molecule has 9 nitrogen and oxygen atoms in total. The van der Waals surface area contributed by atoms with Gasteiger partial charge in [-0.2, -0.15) is 22.1 Å². The number of rotatable bonds is 6. The van der Waals surface area contributed by atoms with Crippen molar-refractivity contribution < 1.29 is 17.5 Å². The van der Waals surface area contributed by atoms with E-state index in [1.165, 1.54) is 52.7 Å². The van der Waals surface area contributed by atoms with E-state index in [-0.39, 0.29) is 12.2 Å². The van der Waals surface area contributed by atoms with Crippen molar-refractivity contribution in [3.8, 4) is 17.0 Å². The first kappa shape index (κ1) is 21.4. The van der Waals surface area contributed by atoms with Crippen LogP contribution in [0.15, 0.2) is 35.1 Å². The molecule has 1 aliphatic heterocycles. The number of methoxy groups -OCH3 is 1. The molecular weight excluding hydrogens is 401 g/mol. The largest absolute Gasteiger partial charge is 0.496 e. The monoisotopic (exact) mass is 425 g/mol. The van der Waals surface area contributed by atoms with Crippen LogP contribution >= 0.6 is 0 Å². The summed E-state index contributed by atoms with van der Waals surface area (Å²) >= 11 is 0. The summed E-state index contributed by atoms with van der Waals surface area (Å²) in [4.78, 5) is 14.2. The predicted molar refractivity (Wildman–Crippen MR) is 106 cm³/mol. The van der Waals surface area contributed by atoms with Gasteiger partial charge < -0.3 is 4.74 Å². The Labute approximate surface area is 169 Å². The summed E-state index contributed by atoms with van der Waals surface area (Å²) in [5, 5.41) is 4.39. The SMILES string of the molecule is COc1cc(F)ccc1-c1ccc(=O)n(CN2CCN(S(=O)(=O)N(C)C)CC2)n1. The van der Waals surface area contributed by atoms with E-state index in [1.54, 1.807) is 12.1 Å². The maximum absolute atomic E-state index is 13.5. The molecule has 1 aromatic heterocycles. The van der Waals surface area contributed by atoms with Crippen LogP contribution in [0.25, 0.3) is 11.3 Å². The average Bonchev–Trinajstić information content (AvgIpc) is 2.70. The Kier molecular flexibility index (Phi) is 6.32. The van der Waals surface area contributed by atoms with Crippen molar-refractivity contribution in [2.24, 2.45) is 0 Å². The second-order valence-corrected chi connectivity index (χ2v) is 8.99. The molecule has 2 heterocycles. The van der Waals surface area contributed by atoms with Crippen LogP contribution in [0.3, 0.4) is 0 Å². The molecule has 0 aliphatic carbocycles. The zero-order valence-electron chi connectivity index (χ0n) is 16.6. The van der Waals surface area contributed by atoms with Gasteiger partial charge in [0.1, 0.15) is 11.6 Å². The highest BCUT2D eigenvalue weighted by Crippen LogP contribution is 2.28. The van der Waals surface area contributed by atoms with Crippen LogP contribution in [0.2, 0.25) is 0 Å². The van der Waals surface area contributed by atoms with E-state index in [0.717, 1.165) is 0 Å². The molecule has 0 saturated carbocycles. The minimum absolute atomic E-state index is 0.228. The number of aromatic nitrogens is 2. The molecule has 11 heteroatoms. The molecule has 1 saturated heterocycles. The standard InChI is InChI=1S/C18H24FN5O4S/c1-21(2)29(26,27)23-10-8-22(9-11-23)13-24-18(25)7-6-16(20-24)15-5-4-14(19)12-17(15)28-3/h4-7,12H,8-11,13H2,1-3H3. The average molecular weight is 425 g/mol. The number of halogens is 1. The third-order valence-corrected chi connectivity index (χ3v) is 6.70. The number of hydrogen-bond acceptors (Lipinski definition) is 6. The van der Waals surface area contributed by atoms with E-state index in [1.807, 2.05) is 4.90 Å². The summed E-state index contributed by atoms with van der Waals surface area (Å²) in [7, 11) is 0.994. The Morgan fingerprint density at radius 1 is 1.14 bits per heavy atom. The molecule has 1 fully saturated rings.